The summed E-state index contributed by atoms with van der Waals surface area (Å²) in [6.45, 7) is 2.55. The minimum absolute atomic E-state index is 0.153. The molecule has 2 rings (SSSR count). The molecule has 0 saturated heterocycles. The second kappa shape index (κ2) is 6.60. The number of carbonyl (C=O) groups is 1. The van der Waals surface area contributed by atoms with Crippen molar-refractivity contribution in [1.82, 2.24) is 4.98 Å². The molecule has 1 heterocycles. The van der Waals surface area contributed by atoms with Gasteiger partial charge in [-0.2, -0.15) is 4.98 Å². The van der Waals surface area contributed by atoms with Crippen molar-refractivity contribution in [2.45, 2.75) is 13.5 Å². The van der Waals surface area contributed by atoms with Crippen LogP contribution in [0.4, 0.5) is 6.01 Å². The minimum Gasteiger partial charge on any atom is -0.497 e. The number of ether oxygens (including phenoxy) is 2. The van der Waals surface area contributed by atoms with E-state index >= 15 is 0 Å². The fourth-order valence-corrected chi connectivity index (χ4v) is 1.61. The average Bonchev–Trinajstić information content (AvgIpc) is 2.94. The van der Waals surface area contributed by atoms with Gasteiger partial charge in [0.25, 0.3) is 6.01 Å². The maximum Gasteiger partial charge on any atom is 0.360 e. The Labute approximate surface area is 116 Å². The van der Waals surface area contributed by atoms with Gasteiger partial charge in [0.1, 0.15) is 12.0 Å². The van der Waals surface area contributed by atoms with Crippen molar-refractivity contribution in [3.05, 3.63) is 41.8 Å². The topological polar surface area (TPSA) is 73.6 Å². The molecule has 0 aliphatic carbocycles. The Morgan fingerprint density at radius 2 is 2.30 bits per heavy atom. The Balaban J connectivity index is 1.95. The third-order valence-corrected chi connectivity index (χ3v) is 2.57. The molecule has 0 atom stereocenters. The van der Waals surface area contributed by atoms with Crippen LogP contribution in [0, 0.1) is 0 Å². The summed E-state index contributed by atoms with van der Waals surface area (Å²) < 4.78 is 15.1. The number of rotatable bonds is 6. The second-order valence-corrected chi connectivity index (χ2v) is 3.96. The van der Waals surface area contributed by atoms with Gasteiger partial charge < -0.3 is 19.2 Å². The molecule has 1 aromatic carbocycles. The van der Waals surface area contributed by atoms with Gasteiger partial charge in [-0.3, -0.25) is 0 Å². The molecule has 0 saturated carbocycles. The van der Waals surface area contributed by atoms with Crippen LogP contribution in [0.1, 0.15) is 23.0 Å². The standard InChI is InChI=1S/C14H16N2O4/c1-3-19-13(17)12-9-20-14(16-12)15-8-10-5-4-6-11(7-10)18-2/h4-7,9H,3,8H2,1-2H3,(H,15,16). The molecule has 106 valence electrons. The van der Waals surface area contributed by atoms with Crippen molar-refractivity contribution in [2.24, 2.45) is 0 Å². The SMILES string of the molecule is CCOC(=O)c1coc(NCc2cccc(OC)c2)n1. The number of aromatic nitrogens is 1. The molecule has 1 N–H and O–H groups in total. The number of benzene rings is 1. The first-order chi connectivity index (χ1) is 9.72. The van der Waals surface area contributed by atoms with E-state index in [1.165, 1.54) is 6.26 Å². The van der Waals surface area contributed by atoms with E-state index < -0.39 is 5.97 Å². The number of hydrogen-bond donors (Lipinski definition) is 1. The summed E-state index contributed by atoms with van der Waals surface area (Å²) >= 11 is 0. The molecule has 20 heavy (non-hydrogen) atoms. The highest BCUT2D eigenvalue weighted by Crippen LogP contribution is 2.15. The zero-order chi connectivity index (χ0) is 14.4. The molecule has 0 amide bonds. The molecule has 1 aromatic heterocycles. The molecule has 0 aliphatic heterocycles. The van der Waals surface area contributed by atoms with Crippen LogP contribution in [0.5, 0.6) is 5.75 Å². The number of esters is 1. The number of nitrogens with zero attached hydrogens (tertiary/aromatic N) is 1. The van der Waals surface area contributed by atoms with Crippen LogP contribution in [-0.4, -0.2) is 24.7 Å². The Morgan fingerprint density at radius 3 is 3.05 bits per heavy atom. The van der Waals surface area contributed by atoms with E-state index in [9.17, 15) is 4.79 Å². The molecule has 6 heteroatoms. The highest BCUT2D eigenvalue weighted by atomic mass is 16.5. The van der Waals surface area contributed by atoms with Crippen LogP contribution in [0.3, 0.4) is 0 Å². The maximum absolute atomic E-state index is 11.4. The Kier molecular flexibility index (Phi) is 4.60. The van der Waals surface area contributed by atoms with Crippen LogP contribution in [0.25, 0.3) is 0 Å². The lowest BCUT2D eigenvalue weighted by Crippen LogP contribution is -2.05. The Morgan fingerprint density at radius 1 is 1.45 bits per heavy atom. The van der Waals surface area contributed by atoms with Gasteiger partial charge in [-0.05, 0) is 24.6 Å². The molecular weight excluding hydrogens is 260 g/mol. The van der Waals surface area contributed by atoms with Crippen LogP contribution in [0.15, 0.2) is 34.9 Å². The van der Waals surface area contributed by atoms with Gasteiger partial charge in [0, 0.05) is 6.54 Å². The molecule has 6 nitrogen and oxygen atoms in total. The lowest BCUT2D eigenvalue weighted by Gasteiger charge is -2.04. The van der Waals surface area contributed by atoms with E-state index in [-0.39, 0.29) is 11.7 Å². The zero-order valence-corrected chi connectivity index (χ0v) is 11.4. The molecule has 0 aliphatic rings. The second-order valence-electron chi connectivity index (χ2n) is 3.96. The summed E-state index contributed by atoms with van der Waals surface area (Å²) in [5.74, 6) is 0.287. The first kappa shape index (κ1) is 13.9. The van der Waals surface area contributed by atoms with Gasteiger partial charge in [0.05, 0.1) is 13.7 Å². The summed E-state index contributed by atoms with van der Waals surface area (Å²) in [4.78, 5) is 15.4. The highest BCUT2D eigenvalue weighted by molar-refractivity contribution is 5.87. The predicted molar refractivity (Wildman–Crippen MR) is 72.8 cm³/mol. The van der Waals surface area contributed by atoms with Gasteiger partial charge in [0.2, 0.25) is 0 Å². The number of methoxy groups -OCH3 is 1. The van der Waals surface area contributed by atoms with Crippen LogP contribution in [-0.2, 0) is 11.3 Å². The quantitative estimate of drug-likeness (QED) is 0.817. The summed E-state index contributed by atoms with van der Waals surface area (Å²) in [7, 11) is 1.62. The Bertz CT molecular complexity index is 580. The van der Waals surface area contributed by atoms with Crippen LogP contribution in [0.2, 0.25) is 0 Å². The first-order valence-corrected chi connectivity index (χ1v) is 6.22. The molecular formula is C14H16N2O4. The Hall–Kier alpha value is -2.50. The normalized spacial score (nSPS) is 10.1. The molecule has 2 aromatic rings. The third-order valence-electron chi connectivity index (χ3n) is 2.57. The molecule has 0 fully saturated rings. The maximum atomic E-state index is 11.4. The lowest BCUT2D eigenvalue weighted by molar-refractivity contribution is 0.0519. The fourth-order valence-electron chi connectivity index (χ4n) is 1.61. The average molecular weight is 276 g/mol. The highest BCUT2D eigenvalue weighted by Gasteiger charge is 2.12. The summed E-state index contributed by atoms with van der Waals surface area (Å²) in [6.07, 6.45) is 1.27. The van der Waals surface area contributed by atoms with E-state index in [2.05, 4.69) is 10.3 Å². The van der Waals surface area contributed by atoms with Crippen molar-refractivity contribution >= 4 is 12.0 Å². The zero-order valence-electron chi connectivity index (χ0n) is 11.4. The van der Waals surface area contributed by atoms with Crippen LogP contribution >= 0.6 is 0 Å². The van der Waals surface area contributed by atoms with Crippen molar-refractivity contribution in [1.29, 1.82) is 0 Å². The van der Waals surface area contributed by atoms with Crippen LogP contribution < -0.4 is 10.1 Å². The minimum atomic E-state index is -0.495. The summed E-state index contributed by atoms with van der Waals surface area (Å²) in [6, 6.07) is 7.89. The van der Waals surface area contributed by atoms with Crippen molar-refractivity contribution in [2.75, 3.05) is 19.0 Å². The van der Waals surface area contributed by atoms with E-state index in [1.54, 1.807) is 14.0 Å². The number of anilines is 1. The number of carbonyl (C=O) groups excluding carboxylic acids is 1. The van der Waals surface area contributed by atoms with E-state index in [0.29, 0.717) is 13.2 Å². The molecule has 0 radical (unpaired) electrons. The van der Waals surface area contributed by atoms with Crippen molar-refractivity contribution in [3.63, 3.8) is 0 Å². The van der Waals surface area contributed by atoms with Gasteiger partial charge in [-0.15, -0.1) is 0 Å². The van der Waals surface area contributed by atoms with Gasteiger partial charge in [0.15, 0.2) is 5.69 Å². The monoisotopic (exact) mass is 276 g/mol. The third kappa shape index (κ3) is 3.50. The van der Waals surface area contributed by atoms with Crippen molar-refractivity contribution < 1.29 is 18.7 Å². The lowest BCUT2D eigenvalue weighted by atomic mass is 10.2. The van der Waals surface area contributed by atoms with Crippen molar-refractivity contribution in [3.8, 4) is 5.75 Å². The van der Waals surface area contributed by atoms with E-state index in [0.717, 1.165) is 11.3 Å². The first-order valence-electron chi connectivity index (χ1n) is 6.22. The summed E-state index contributed by atoms with van der Waals surface area (Å²) in [5, 5.41) is 2.99. The van der Waals surface area contributed by atoms with E-state index in [4.69, 9.17) is 13.9 Å². The van der Waals surface area contributed by atoms with Gasteiger partial charge in [-0.25, -0.2) is 4.79 Å². The van der Waals surface area contributed by atoms with E-state index in [1.807, 2.05) is 24.3 Å². The largest absolute Gasteiger partial charge is 0.497 e. The predicted octanol–water partition coefficient (Wildman–Crippen LogP) is 2.47. The van der Waals surface area contributed by atoms with Gasteiger partial charge in [-0.1, -0.05) is 12.1 Å². The smallest absolute Gasteiger partial charge is 0.360 e. The number of nitrogens with one attached hydrogen (secondary N) is 1. The molecule has 0 bridgehead atoms. The molecule has 0 unspecified atom stereocenters. The summed E-state index contributed by atoms with van der Waals surface area (Å²) in [5.41, 5.74) is 1.17. The van der Waals surface area contributed by atoms with Gasteiger partial charge >= 0.3 is 5.97 Å². The fraction of sp³-hybridized carbons (Fsp3) is 0.286. The number of hydrogen-bond acceptors (Lipinski definition) is 6. The molecule has 0 spiro atoms. The number of oxazole rings is 1.